The normalized spacial score (nSPS) is 14.1. The Bertz CT molecular complexity index is 179. The molecule has 6 N–H and O–H groups in total. The van der Waals surface area contributed by atoms with E-state index in [9.17, 15) is 0 Å². The molecule has 0 saturated heterocycles. The van der Waals surface area contributed by atoms with Crippen LogP contribution in [0.5, 0.6) is 0 Å². The molecular formula is C3H15AlO9Si3. The minimum absolute atomic E-state index is 0.973. The van der Waals surface area contributed by atoms with Gasteiger partial charge in [0.1, 0.15) is 0 Å². The van der Waals surface area contributed by atoms with Crippen molar-refractivity contribution in [1.29, 1.82) is 0 Å². The Morgan fingerprint density at radius 3 is 0.938 bits per heavy atom. The van der Waals surface area contributed by atoms with E-state index >= 15 is 0 Å². The van der Waals surface area contributed by atoms with Crippen LogP contribution in [0.1, 0.15) is 0 Å². The van der Waals surface area contributed by atoms with E-state index in [0.29, 0.717) is 0 Å². The average Bonchev–Trinajstić information content (AvgIpc) is 1.70. The Labute approximate surface area is 101 Å². The van der Waals surface area contributed by atoms with Crippen molar-refractivity contribution in [2.75, 3.05) is 0 Å². The van der Waals surface area contributed by atoms with Gasteiger partial charge in [-0.15, -0.1) is 0 Å². The van der Waals surface area contributed by atoms with E-state index in [1.807, 2.05) is 0 Å². The van der Waals surface area contributed by atoms with Crippen LogP contribution in [0.15, 0.2) is 0 Å². The SMILES string of the molecule is C[Si](O)(O)[O][Al]([O][Si](C)(O)O)[O][Si](C)(O)O. The molecule has 0 saturated carbocycles. The van der Waals surface area contributed by atoms with Crippen LogP contribution in [0, 0.1) is 0 Å². The first kappa shape index (κ1) is 16.8. The van der Waals surface area contributed by atoms with E-state index in [1.165, 1.54) is 0 Å². The Balaban J connectivity index is 4.53. The summed E-state index contributed by atoms with van der Waals surface area (Å²) >= 11 is -3.42. The Morgan fingerprint density at radius 2 is 0.812 bits per heavy atom. The smallest absolute Gasteiger partial charge is 0.458 e. The molecule has 0 heterocycles. The van der Waals surface area contributed by atoms with Crippen molar-refractivity contribution < 1.29 is 39.2 Å². The lowest BCUT2D eigenvalue weighted by atomic mass is 11.9. The summed E-state index contributed by atoms with van der Waals surface area (Å²) in [6.45, 7) is 2.92. The molecule has 0 rings (SSSR count). The van der Waals surface area contributed by atoms with Crippen LogP contribution < -0.4 is 0 Å². The molecule has 0 fully saturated rings. The molecule has 0 aromatic heterocycles. The molecule has 0 aliphatic heterocycles. The molecule has 0 aromatic rings. The van der Waals surface area contributed by atoms with Gasteiger partial charge in [-0.05, 0) is 0 Å². The molecule has 9 nitrogen and oxygen atoms in total. The highest BCUT2D eigenvalue weighted by Crippen LogP contribution is 2.09. The summed E-state index contributed by atoms with van der Waals surface area (Å²) in [7, 11) is -12.0. The fourth-order valence-corrected chi connectivity index (χ4v) is 6.87. The maximum atomic E-state index is 9.03. The van der Waals surface area contributed by atoms with E-state index in [2.05, 4.69) is 10.4 Å². The van der Waals surface area contributed by atoms with Crippen molar-refractivity contribution in [3.8, 4) is 0 Å². The zero-order valence-corrected chi connectivity index (χ0v) is 13.1. The first-order valence-electron chi connectivity index (χ1n) is 4.16. The number of rotatable bonds is 6. The molecular weight excluding hydrogens is 291 g/mol. The van der Waals surface area contributed by atoms with Crippen LogP contribution in [-0.2, 0) is 10.4 Å². The fourth-order valence-electron chi connectivity index (χ4n) is 0.619. The van der Waals surface area contributed by atoms with Gasteiger partial charge in [0.2, 0.25) is 0 Å². The van der Waals surface area contributed by atoms with Crippen LogP contribution in [-0.4, -0.2) is 70.3 Å². The van der Waals surface area contributed by atoms with Gasteiger partial charge in [0.05, 0.1) is 0 Å². The third-order valence-corrected chi connectivity index (χ3v) is 8.63. The van der Waals surface area contributed by atoms with Gasteiger partial charge in [-0.2, -0.15) is 0 Å². The second-order valence-electron chi connectivity index (χ2n) is 3.44. The largest absolute Gasteiger partial charge is 0.881 e. The van der Waals surface area contributed by atoms with E-state index in [0.717, 1.165) is 19.6 Å². The number of hydrogen-bond donors (Lipinski definition) is 6. The Morgan fingerprint density at radius 1 is 0.625 bits per heavy atom. The number of hydrogen-bond acceptors (Lipinski definition) is 9. The zero-order valence-electron chi connectivity index (χ0n) is 8.99. The highest BCUT2D eigenvalue weighted by molar-refractivity contribution is 6.74. The van der Waals surface area contributed by atoms with Crippen LogP contribution in [0.3, 0.4) is 0 Å². The molecule has 0 radical (unpaired) electrons. The second kappa shape index (κ2) is 5.64. The lowest BCUT2D eigenvalue weighted by Crippen LogP contribution is -2.54. The summed E-state index contributed by atoms with van der Waals surface area (Å²) in [5.74, 6) is 0. The first-order valence-corrected chi connectivity index (χ1v) is 12.5. The van der Waals surface area contributed by atoms with E-state index in [4.69, 9.17) is 28.8 Å². The summed E-state index contributed by atoms with van der Waals surface area (Å²) < 4.78 is 13.7. The van der Waals surface area contributed by atoms with E-state index in [1.54, 1.807) is 0 Å². The predicted octanol–water partition coefficient (Wildman–Crippen LogP) is -3.32. The first-order chi connectivity index (χ1) is 6.79. The second-order valence-corrected chi connectivity index (χ2v) is 12.5. The Kier molecular flexibility index (Phi) is 5.93. The lowest BCUT2D eigenvalue weighted by molar-refractivity contribution is 0.133. The van der Waals surface area contributed by atoms with Gasteiger partial charge in [-0.3, -0.25) is 0 Å². The molecule has 0 spiro atoms. The predicted molar refractivity (Wildman–Crippen MR) is 57.2 cm³/mol. The minimum Gasteiger partial charge on any atom is -0.458 e. The van der Waals surface area contributed by atoms with Crippen LogP contribution >= 0.6 is 0 Å². The summed E-state index contributed by atoms with van der Waals surface area (Å²) in [5.41, 5.74) is 0. The van der Waals surface area contributed by atoms with Crippen LogP contribution in [0.2, 0.25) is 19.6 Å². The van der Waals surface area contributed by atoms with Crippen molar-refractivity contribution in [2.24, 2.45) is 0 Å². The molecule has 0 aliphatic carbocycles. The topological polar surface area (TPSA) is 149 Å². The fraction of sp³-hybridized carbons (Fsp3) is 1.00. The summed E-state index contributed by atoms with van der Waals surface area (Å²) in [4.78, 5) is 54.2. The van der Waals surface area contributed by atoms with Crippen molar-refractivity contribution in [3.05, 3.63) is 0 Å². The highest BCUT2D eigenvalue weighted by atomic mass is 28.4. The Hall–Kier alpha value is 0.823. The maximum absolute atomic E-state index is 9.03. The van der Waals surface area contributed by atoms with Crippen molar-refractivity contribution in [1.82, 2.24) is 0 Å². The lowest BCUT2D eigenvalue weighted by Gasteiger charge is -2.25. The summed E-state index contributed by atoms with van der Waals surface area (Å²) in [5, 5.41) is 0. The third kappa shape index (κ3) is 11.3. The molecule has 96 valence electrons. The monoisotopic (exact) mass is 306 g/mol. The molecule has 0 amide bonds. The molecule has 0 atom stereocenters. The third-order valence-electron chi connectivity index (χ3n) is 0.958. The molecule has 0 unspecified atom stereocenters. The average molecular weight is 306 g/mol. The van der Waals surface area contributed by atoms with Gasteiger partial charge in [-0.1, -0.05) is 0 Å². The zero-order chi connectivity index (χ0) is 13.2. The van der Waals surface area contributed by atoms with Crippen LogP contribution in [0.4, 0.5) is 0 Å². The van der Waals surface area contributed by atoms with E-state index < -0.39 is 41.6 Å². The van der Waals surface area contributed by atoms with Crippen LogP contribution in [0.25, 0.3) is 0 Å². The quantitative estimate of drug-likeness (QED) is 0.277. The van der Waals surface area contributed by atoms with Gasteiger partial charge in [0.25, 0.3) is 0 Å². The van der Waals surface area contributed by atoms with Gasteiger partial charge >= 0.3 is 41.6 Å². The molecule has 13 heteroatoms. The molecule has 0 bridgehead atoms. The summed E-state index contributed by atoms with van der Waals surface area (Å²) in [6, 6.07) is 0. The van der Waals surface area contributed by atoms with E-state index in [-0.39, 0.29) is 0 Å². The van der Waals surface area contributed by atoms with Crippen molar-refractivity contribution in [2.45, 2.75) is 19.6 Å². The highest BCUT2D eigenvalue weighted by Gasteiger charge is 2.50. The molecule has 0 aromatic carbocycles. The maximum Gasteiger partial charge on any atom is 0.881 e. The van der Waals surface area contributed by atoms with Crippen molar-refractivity contribution in [3.63, 3.8) is 0 Å². The molecule has 0 aliphatic rings. The van der Waals surface area contributed by atoms with Crippen molar-refractivity contribution >= 4 is 41.6 Å². The standard InChI is InChI=1S/3CH5O3Si.Al/c3*1-5(2,3)4;/h3*2-3H,1H3;/q3*-1;+3. The molecule has 16 heavy (non-hydrogen) atoms. The van der Waals surface area contributed by atoms with Gasteiger partial charge in [0.15, 0.2) is 0 Å². The summed E-state index contributed by atoms with van der Waals surface area (Å²) in [6.07, 6.45) is 0. The van der Waals surface area contributed by atoms with Gasteiger partial charge < -0.3 is 39.2 Å². The van der Waals surface area contributed by atoms with Gasteiger partial charge in [-0.25, -0.2) is 0 Å². The van der Waals surface area contributed by atoms with Gasteiger partial charge in [0, 0.05) is 19.6 Å². The minimum atomic E-state index is -4.01.